The van der Waals surface area contributed by atoms with Gasteiger partial charge in [0.2, 0.25) is 11.8 Å². The zero-order valence-corrected chi connectivity index (χ0v) is 12.3. The molecule has 1 spiro atoms. The van der Waals surface area contributed by atoms with Crippen LogP contribution in [0.5, 0.6) is 0 Å². The van der Waals surface area contributed by atoms with Gasteiger partial charge in [-0.25, -0.2) is 0 Å². The van der Waals surface area contributed by atoms with Gasteiger partial charge in [-0.05, 0) is 25.5 Å². The average Bonchev–Trinajstić information content (AvgIpc) is 3.10. The van der Waals surface area contributed by atoms with E-state index in [9.17, 15) is 9.59 Å². The standard InChI is InChI=1S/C17H18N2O3/c20-15-5-6-17(16(21)18-15)7-8-19(11-17)9-12-10-22-14-4-2-1-3-13(12)14/h1-4,10H,5-9,11H2,(H,18,20,21). The number of nitrogens with one attached hydrogen (secondary N) is 1. The number of fused-ring (bicyclic) bond motifs is 1. The van der Waals surface area contributed by atoms with Gasteiger partial charge in [0.25, 0.3) is 0 Å². The molecule has 3 heterocycles. The van der Waals surface area contributed by atoms with Gasteiger partial charge in [-0.3, -0.25) is 19.8 Å². The molecule has 0 saturated carbocycles. The van der Waals surface area contributed by atoms with Crippen LogP contribution in [0, 0.1) is 5.41 Å². The SMILES string of the molecule is O=C1CCC2(CCN(Cc3coc4ccccc34)C2)C(=O)N1. The van der Waals surface area contributed by atoms with E-state index in [0.29, 0.717) is 19.4 Å². The van der Waals surface area contributed by atoms with Crippen LogP contribution in [-0.2, 0) is 16.1 Å². The molecular formula is C17H18N2O3. The fraction of sp³-hybridized carbons (Fsp3) is 0.412. The summed E-state index contributed by atoms with van der Waals surface area (Å²) >= 11 is 0. The van der Waals surface area contributed by atoms with Crippen LogP contribution in [0.15, 0.2) is 34.9 Å². The molecule has 1 unspecified atom stereocenters. The first-order valence-electron chi connectivity index (χ1n) is 7.68. The Morgan fingerprint density at radius 2 is 2.09 bits per heavy atom. The maximum atomic E-state index is 12.2. The van der Waals surface area contributed by atoms with Gasteiger partial charge in [0.05, 0.1) is 11.7 Å². The van der Waals surface area contributed by atoms with Crippen LogP contribution in [0.3, 0.4) is 0 Å². The highest BCUT2D eigenvalue weighted by Gasteiger charge is 2.47. The monoisotopic (exact) mass is 298 g/mol. The van der Waals surface area contributed by atoms with Gasteiger partial charge in [-0.1, -0.05) is 18.2 Å². The van der Waals surface area contributed by atoms with Crippen molar-refractivity contribution in [2.24, 2.45) is 5.41 Å². The summed E-state index contributed by atoms with van der Waals surface area (Å²) in [4.78, 5) is 25.8. The van der Waals surface area contributed by atoms with E-state index in [4.69, 9.17) is 4.42 Å². The number of carbonyl (C=O) groups is 2. The molecule has 2 aromatic rings. The molecule has 2 saturated heterocycles. The molecule has 5 nitrogen and oxygen atoms in total. The summed E-state index contributed by atoms with van der Waals surface area (Å²) in [7, 11) is 0. The van der Waals surface area contributed by atoms with E-state index >= 15 is 0 Å². The van der Waals surface area contributed by atoms with Crippen LogP contribution in [0.1, 0.15) is 24.8 Å². The molecule has 4 rings (SSSR count). The second-order valence-electron chi connectivity index (χ2n) is 6.38. The van der Waals surface area contributed by atoms with Gasteiger partial charge < -0.3 is 4.42 Å². The smallest absolute Gasteiger partial charge is 0.234 e. The number of carbonyl (C=O) groups excluding carboxylic acids is 2. The number of hydrogen-bond donors (Lipinski definition) is 1. The van der Waals surface area contributed by atoms with E-state index in [1.165, 1.54) is 0 Å². The van der Waals surface area contributed by atoms with Crippen LogP contribution >= 0.6 is 0 Å². The van der Waals surface area contributed by atoms with E-state index in [1.807, 2.05) is 18.2 Å². The Morgan fingerprint density at radius 1 is 1.23 bits per heavy atom. The molecule has 0 radical (unpaired) electrons. The number of hydrogen-bond acceptors (Lipinski definition) is 4. The second kappa shape index (κ2) is 4.95. The molecule has 2 aliphatic rings. The largest absolute Gasteiger partial charge is 0.464 e. The Morgan fingerprint density at radius 3 is 2.95 bits per heavy atom. The molecule has 114 valence electrons. The van der Waals surface area contributed by atoms with Crippen LogP contribution in [-0.4, -0.2) is 29.8 Å². The van der Waals surface area contributed by atoms with Crippen LogP contribution in [0.2, 0.25) is 0 Å². The zero-order chi connectivity index (χ0) is 15.2. The van der Waals surface area contributed by atoms with Crippen molar-refractivity contribution in [3.63, 3.8) is 0 Å². The number of benzene rings is 1. The average molecular weight is 298 g/mol. The van der Waals surface area contributed by atoms with Crippen molar-refractivity contribution in [1.82, 2.24) is 10.2 Å². The number of piperidine rings is 1. The first-order chi connectivity index (χ1) is 10.7. The molecule has 1 aromatic carbocycles. The van der Waals surface area contributed by atoms with Gasteiger partial charge >= 0.3 is 0 Å². The Bertz CT molecular complexity index is 751. The Balaban J connectivity index is 1.51. The highest BCUT2D eigenvalue weighted by atomic mass is 16.3. The number of para-hydroxylation sites is 1. The molecule has 1 aromatic heterocycles. The third-order valence-corrected chi connectivity index (χ3v) is 4.95. The van der Waals surface area contributed by atoms with Crippen molar-refractivity contribution in [1.29, 1.82) is 0 Å². The minimum atomic E-state index is -0.381. The highest BCUT2D eigenvalue weighted by Crippen LogP contribution is 2.38. The predicted molar refractivity (Wildman–Crippen MR) is 80.9 cm³/mol. The molecule has 0 bridgehead atoms. The van der Waals surface area contributed by atoms with Crippen molar-refractivity contribution < 1.29 is 14.0 Å². The topological polar surface area (TPSA) is 62.6 Å². The molecule has 2 amide bonds. The fourth-order valence-corrected chi connectivity index (χ4v) is 3.67. The summed E-state index contributed by atoms with van der Waals surface area (Å²) in [5, 5.41) is 3.63. The summed E-state index contributed by atoms with van der Waals surface area (Å²) < 4.78 is 5.58. The highest BCUT2D eigenvalue weighted by molar-refractivity contribution is 6.00. The summed E-state index contributed by atoms with van der Waals surface area (Å²) in [6.07, 6.45) is 3.75. The molecular weight excluding hydrogens is 280 g/mol. The summed E-state index contributed by atoms with van der Waals surface area (Å²) in [6.45, 7) is 2.37. The van der Waals surface area contributed by atoms with Gasteiger partial charge in [-0.2, -0.15) is 0 Å². The summed E-state index contributed by atoms with van der Waals surface area (Å²) in [6, 6.07) is 7.99. The number of furan rings is 1. The van der Waals surface area contributed by atoms with Crippen molar-refractivity contribution in [2.75, 3.05) is 13.1 Å². The number of rotatable bonds is 2. The minimum absolute atomic E-state index is 0.0942. The normalized spacial score (nSPS) is 26.0. The lowest BCUT2D eigenvalue weighted by molar-refractivity contribution is -0.141. The summed E-state index contributed by atoms with van der Waals surface area (Å²) in [5.74, 6) is -0.238. The molecule has 1 atom stereocenters. The second-order valence-corrected chi connectivity index (χ2v) is 6.38. The molecule has 1 N–H and O–H groups in total. The van der Waals surface area contributed by atoms with Crippen molar-refractivity contribution in [2.45, 2.75) is 25.8 Å². The van der Waals surface area contributed by atoms with E-state index in [2.05, 4.69) is 16.3 Å². The van der Waals surface area contributed by atoms with Gasteiger partial charge in [-0.15, -0.1) is 0 Å². The third kappa shape index (κ3) is 2.13. The van der Waals surface area contributed by atoms with Crippen molar-refractivity contribution in [3.05, 3.63) is 36.1 Å². The Labute approximate surface area is 128 Å². The minimum Gasteiger partial charge on any atom is -0.464 e. The van der Waals surface area contributed by atoms with Gasteiger partial charge in [0.1, 0.15) is 5.58 Å². The molecule has 2 aliphatic heterocycles. The molecule has 5 heteroatoms. The molecule has 0 aliphatic carbocycles. The number of imide groups is 1. The first kappa shape index (κ1) is 13.5. The van der Waals surface area contributed by atoms with Crippen molar-refractivity contribution in [3.8, 4) is 0 Å². The lowest BCUT2D eigenvalue weighted by Crippen LogP contribution is -2.49. The van der Waals surface area contributed by atoms with E-state index in [-0.39, 0.29) is 17.2 Å². The quantitative estimate of drug-likeness (QED) is 0.862. The lowest BCUT2D eigenvalue weighted by Gasteiger charge is -2.31. The van der Waals surface area contributed by atoms with Gasteiger partial charge in [0.15, 0.2) is 0 Å². The molecule has 2 fully saturated rings. The van der Waals surface area contributed by atoms with Crippen LogP contribution in [0.4, 0.5) is 0 Å². The van der Waals surface area contributed by atoms with Crippen LogP contribution < -0.4 is 5.32 Å². The fourth-order valence-electron chi connectivity index (χ4n) is 3.67. The van der Waals surface area contributed by atoms with Gasteiger partial charge in [0, 0.05) is 30.5 Å². The number of nitrogens with zero attached hydrogens (tertiary/aromatic N) is 1. The Kier molecular flexibility index (Phi) is 3.04. The first-order valence-corrected chi connectivity index (χ1v) is 7.68. The van der Waals surface area contributed by atoms with Crippen molar-refractivity contribution >= 4 is 22.8 Å². The summed E-state index contributed by atoms with van der Waals surface area (Å²) in [5.41, 5.74) is 1.67. The van der Waals surface area contributed by atoms with E-state index in [0.717, 1.165) is 36.0 Å². The maximum absolute atomic E-state index is 12.2. The Hall–Kier alpha value is -2.14. The van der Waals surface area contributed by atoms with E-state index < -0.39 is 0 Å². The van der Waals surface area contributed by atoms with E-state index in [1.54, 1.807) is 6.26 Å². The lowest BCUT2D eigenvalue weighted by atomic mass is 9.79. The zero-order valence-electron chi connectivity index (χ0n) is 12.3. The number of amides is 2. The van der Waals surface area contributed by atoms with Crippen LogP contribution in [0.25, 0.3) is 11.0 Å². The molecule has 22 heavy (non-hydrogen) atoms. The predicted octanol–water partition coefficient (Wildman–Crippen LogP) is 2.06. The third-order valence-electron chi connectivity index (χ3n) is 4.95. The maximum Gasteiger partial charge on any atom is 0.234 e. The number of likely N-dealkylation sites (tertiary alicyclic amines) is 1.